The van der Waals surface area contributed by atoms with Crippen LogP contribution in [0.25, 0.3) is 11.3 Å². The van der Waals surface area contributed by atoms with Gasteiger partial charge in [-0.25, -0.2) is 9.61 Å². The summed E-state index contributed by atoms with van der Waals surface area (Å²) in [7, 11) is 1.55. The molecule has 0 aliphatic carbocycles. The van der Waals surface area contributed by atoms with Crippen LogP contribution in [0, 0.1) is 6.92 Å². The van der Waals surface area contributed by atoms with Crippen molar-refractivity contribution >= 4 is 27.2 Å². The number of aryl methyl sites for hydroxylation is 1. The van der Waals surface area contributed by atoms with E-state index in [4.69, 9.17) is 4.74 Å². The van der Waals surface area contributed by atoms with E-state index in [0.29, 0.717) is 29.3 Å². The molecule has 0 saturated heterocycles. The highest BCUT2D eigenvalue weighted by atomic mass is 79.9. The number of fused-ring (bicyclic) bond motifs is 1. The van der Waals surface area contributed by atoms with Gasteiger partial charge in [-0.1, -0.05) is 28.1 Å². The minimum atomic E-state index is 0.343. The second-order valence-electron chi connectivity index (χ2n) is 4.35. The predicted octanol–water partition coefficient (Wildman–Crippen LogP) is 2.68. The first-order valence-corrected chi connectivity index (χ1v) is 6.75. The molecule has 0 spiro atoms. The van der Waals surface area contributed by atoms with Crippen molar-refractivity contribution in [2.75, 3.05) is 7.11 Å². The molecule has 6 nitrogen and oxygen atoms in total. The van der Waals surface area contributed by atoms with Crippen LogP contribution in [0.2, 0.25) is 0 Å². The van der Waals surface area contributed by atoms with Crippen molar-refractivity contribution in [1.82, 2.24) is 20.3 Å². The van der Waals surface area contributed by atoms with Gasteiger partial charge in [-0.05, 0) is 34.4 Å². The molecule has 0 saturated carbocycles. The number of benzene rings is 1. The van der Waals surface area contributed by atoms with Crippen LogP contribution in [0.15, 0.2) is 27.3 Å². The number of methoxy groups -OCH3 is 1. The third-order valence-electron chi connectivity index (χ3n) is 2.95. The lowest BCUT2D eigenvalue weighted by Gasteiger charge is -2.07. The minimum Gasteiger partial charge on any atom is -0.480 e. The molecule has 3 aromatic rings. The monoisotopic (exact) mass is 334 g/mol. The lowest BCUT2D eigenvalue weighted by molar-refractivity contribution is 0.313. The van der Waals surface area contributed by atoms with E-state index in [-0.39, 0.29) is 0 Å². The van der Waals surface area contributed by atoms with Crippen LogP contribution < -0.4 is 4.74 Å². The Kier molecular flexibility index (Phi) is 3.35. The average molecular weight is 335 g/mol. The zero-order chi connectivity index (χ0) is 14.1. The Labute approximate surface area is 123 Å². The van der Waals surface area contributed by atoms with Crippen LogP contribution in [-0.4, -0.2) is 27.4 Å². The molecule has 0 amide bonds. The Morgan fingerprint density at radius 2 is 1.95 bits per heavy atom. The second-order valence-corrected chi connectivity index (χ2v) is 5.21. The van der Waals surface area contributed by atoms with Crippen LogP contribution in [0.1, 0.15) is 16.8 Å². The second kappa shape index (κ2) is 5.16. The number of halogens is 1. The normalized spacial score (nSPS) is 10.9. The summed E-state index contributed by atoms with van der Waals surface area (Å²) in [4.78, 5) is 8.61. The molecule has 0 N–H and O–H groups in total. The lowest BCUT2D eigenvalue weighted by atomic mass is 10.1. The van der Waals surface area contributed by atoms with Gasteiger partial charge in [0.05, 0.1) is 7.11 Å². The Morgan fingerprint density at radius 3 is 2.65 bits per heavy atom. The Balaban J connectivity index is 2.01. The molecule has 0 aliphatic rings. The Bertz CT molecular complexity index is 772. The number of aromatic nitrogens is 4. The first-order valence-electron chi connectivity index (χ1n) is 5.95. The fourth-order valence-electron chi connectivity index (χ4n) is 1.87. The molecule has 0 aliphatic heterocycles. The minimum absolute atomic E-state index is 0.343. The Hall–Kier alpha value is -2.02. The van der Waals surface area contributed by atoms with Gasteiger partial charge in [0.1, 0.15) is 5.69 Å². The maximum absolute atomic E-state index is 5.25. The van der Waals surface area contributed by atoms with Crippen LogP contribution in [0.4, 0.5) is 0 Å². The maximum atomic E-state index is 5.25. The molecule has 0 bridgehead atoms. The van der Waals surface area contributed by atoms with Gasteiger partial charge in [-0.3, -0.25) is 0 Å². The molecule has 2 heterocycles. The van der Waals surface area contributed by atoms with Crippen LogP contribution in [-0.2, 0) is 6.42 Å². The van der Waals surface area contributed by atoms with Gasteiger partial charge in [-0.2, -0.15) is 4.98 Å². The summed E-state index contributed by atoms with van der Waals surface area (Å²) >= 11 is 3.52. The summed E-state index contributed by atoms with van der Waals surface area (Å²) in [5, 5.41) is 7.36. The standard InChI is InChI=1S/C13H11BrN4O2/c1-7-3-4-8(5-9(7)14)6-10-13(19-2)16-12-11(15-10)17-20-18-12/h3-5H,6H2,1-2H3. The summed E-state index contributed by atoms with van der Waals surface area (Å²) in [5.41, 5.74) is 3.71. The van der Waals surface area contributed by atoms with Gasteiger partial charge < -0.3 is 4.74 Å². The number of nitrogens with zero attached hydrogens (tertiary/aromatic N) is 4. The van der Waals surface area contributed by atoms with Crippen molar-refractivity contribution in [3.05, 3.63) is 39.5 Å². The van der Waals surface area contributed by atoms with Crippen molar-refractivity contribution < 1.29 is 9.37 Å². The molecule has 0 radical (unpaired) electrons. The van der Waals surface area contributed by atoms with Gasteiger partial charge in [0.2, 0.25) is 17.2 Å². The summed E-state index contributed by atoms with van der Waals surface area (Å²) in [6.45, 7) is 2.04. The van der Waals surface area contributed by atoms with Crippen LogP contribution in [0.5, 0.6) is 5.88 Å². The van der Waals surface area contributed by atoms with E-state index < -0.39 is 0 Å². The zero-order valence-corrected chi connectivity index (χ0v) is 12.5. The molecule has 0 atom stereocenters. The molecule has 2 aromatic heterocycles. The van der Waals surface area contributed by atoms with Gasteiger partial charge in [0.25, 0.3) is 0 Å². The smallest absolute Gasteiger partial charge is 0.246 e. The van der Waals surface area contributed by atoms with Gasteiger partial charge in [0.15, 0.2) is 0 Å². The maximum Gasteiger partial charge on any atom is 0.246 e. The van der Waals surface area contributed by atoms with Gasteiger partial charge in [-0.15, -0.1) is 0 Å². The molecule has 0 fully saturated rings. The average Bonchev–Trinajstić information content (AvgIpc) is 2.89. The lowest BCUT2D eigenvalue weighted by Crippen LogP contribution is -2.01. The van der Waals surface area contributed by atoms with Crippen LogP contribution in [0.3, 0.4) is 0 Å². The van der Waals surface area contributed by atoms with Crippen molar-refractivity contribution in [1.29, 1.82) is 0 Å². The zero-order valence-electron chi connectivity index (χ0n) is 10.9. The number of rotatable bonds is 3. The van der Waals surface area contributed by atoms with Gasteiger partial charge >= 0.3 is 0 Å². The third kappa shape index (κ3) is 2.36. The van der Waals surface area contributed by atoms with E-state index in [1.165, 1.54) is 5.56 Å². The fraction of sp³-hybridized carbons (Fsp3) is 0.231. The number of hydrogen-bond acceptors (Lipinski definition) is 6. The van der Waals surface area contributed by atoms with Crippen molar-refractivity contribution in [2.24, 2.45) is 0 Å². The highest BCUT2D eigenvalue weighted by Gasteiger charge is 2.13. The summed E-state index contributed by atoms with van der Waals surface area (Å²) in [6, 6.07) is 6.16. The fourth-order valence-corrected chi connectivity index (χ4v) is 2.30. The van der Waals surface area contributed by atoms with Crippen molar-refractivity contribution in [2.45, 2.75) is 13.3 Å². The summed E-state index contributed by atoms with van der Waals surface area (Å²) in [6.07, 6.45) is 0.595. The topological polar surface area (TPSA) is 73.9 Å². The van der Waals surface area contributed by atoms with E-state index in [2.05, 4.69) is 53.0 Å². The van der Waals surface area contributed by atoms with E-state index >= 15 is 0 Å². The molecular weight excluding hydrogens is 324 g/mol. The summed E-state index contributed by atoms with van der Waals surface area (Å²) < 4.78 is 10.9. The van der Waals surface area contributed by atoms with E-state index in [0.717, 1.165) is 10.0 Å². The highest BCUT2D eigenvalue weighted by molar-refractivity contribution is 9.10. The van der Waals surface area contributed by atoms with Crippen LogP contribution >= 0.6 is 15.9 Å². The molecular formula is C13H11BrN4O2. The Morgan fingerprint density at radius 1 is 1.20 bits per heavy atom. The summed E-state index contributed by atoms with van der Waals surface area (Å²) in [5.74, 6) is 0.435. The molecule has 102 valence electrons. The van der Waals surface area contributed by atoms with E-state index in [9.17, 15) is 0 Å². The quantitative estimate of drug-likeness (QED) is 0.733. The molecule has 3 rings (SSSR count). The first kappa shape index (κ1) is 13.0. The number of ether oxygens (including phenoxy) is 1. The predicted molar refractivity (Wildman–Crippen MR) is 75.6 cm³/mol. The molecule has 0 unspecified atom stereocenters. The largest absolute Gasteiger partial charge is 0.480 e. The molecule has 1 aromatic carbocycles. The molecule has 7 heteroatoms. The van der Waals surface area contributed by atoms with Gasteiger partial charge in [0, 0.05) is 10.9 Å². The molecule has 20 heavy (non-hydrogen) atoms. The first-order chi connectivity index (χ1) is 9.67. The van der Waals surface area contributed by atoms with E-state index in [1.807, 2.05) is 13.0 Å². The SMILES string of the molecule is COc1nc2nonc2nc1Cc1ccc(C)c(Br)c1. The number of hydrogen-bond donors (Lipinski definition) is 0. The van der Waals surface area contributed by atoms with Crippen molar-refractivity contribution in [3.8, 4) is 5.88 Å². The third-order valence-corrected chi connectivity index (χ3v) is 3.81. The van der Waals surface area contributed by atoms with Crippen molar-refractivity contribution in [3.63, 3.8) is 0 Å². The highest BCUT2D eigenvalue weighted by Crippen LogP contribution is 2.23. The van der Waals surface area contributed by atoms with E-state index in [1.54, 1.807) is 7.11 Å².